The summed E-state index contributed by atoms with van der Waals surface area (Å²) >= 11 is 0. The summed E-state index contributed by atoms with van der Waals surface area (Å²) in [5.74, 6) is 1.35. The van der Waals surface area contributed by atoms with Gasteiger partial charge in [-0.05, 0) is 31.2 Å². The number of hydrogen-bond donors (Lipinski definition) is 1. The molecule has 6 heteroatoms. The maximum absolute atomic E-state index is 5.54. The lowest BCUT2D eigenvalue weighted by Crippen LogP contribution is -2.04. The van der Waals surface area contributed by atoms with Gasteiger partial charge in [-0.25, -0.2) is 0 Å². The molecule has 0 fully saturated rings. The molecule has 2 aromatic heterocycles. The van der Waals surface area contributed by atoms with E-state index in [2.05, 4.69) is 20.1 Å². The van der Waals surface area contributed by atoms with Crippen molar-refractivity contribution in [1.82, 2.24) is 20.1 Å². The standard InChI is InChI=1S/C14H15N5O/c1-9(4-5-15)14-18-13(19-20-14)10-2-3-11-12(8-10)17-7-6-16-11/h2-3,6-9H,4-5,15H2,1H3. The minimum absolute atomic E-state index is 0.168. The van der Waals surface area contributed by atoms with Gasteiger partial charge >= 0.3 is 0 Å². The second-order valence-electron chi connectivity index (χ2n) is 4.69. The predicted molar refractivity (Wildman–Crippen MR) is 74.9 cm³/mol. The highest BCUT2D eigenvalue weighted by atomic mass is 16.5. The fraction of sp³-hybridized carbons (Fsp3) is 0.286. The number of benzene rings is 1. The normalized spacial score (nSPS) is 12.7. The smallest absolute Gasteiger partial charge is 0.229 e. The van der Waals surface area contributed by atoms with Crippen molar-refractivity contribution < 1.29 is 4.52 Å². The molecule has 3 aromatic rings. The van der Waals surface area contributed by atoms with E-state index in [1.807, 2.05) is 25.1 Å². The number of nitrogens with two attached hydrogens (primary N) is 1. The third-order valence-corrected chi connectivity index (χ3v) is 3.19. The number of rotatable bonds is 4. The fourth-order valence-corrected chi connectivity index (χ4v) is 2.03. The molecule has 102 valence electrons. The Morgan fingerprint density at radius 1 is 1.20 bits per heavy atom. The van der Waals surface area contributed by atoms with E-state index >= 15 is 0 Å². The summed E-state index contributed by atoms with van der Waals surface area (Å²) in [6, 6.07) is 5.72. The summed E-state index contributed by atoms with van der Waals surface area (Å²) in [6.45, 7) is 2.63. The molecule has 2 N–H and O–H groups in total. The summed E-state index contributed by atoms with van der Waals surface area (Å²) < 4.78 is 5.29. The molecule has 1 unspecified atom stereocenters. The third kappa shape index (κ3) is 2.37. The molecule has 0 aliphatic heterocycles. The average Bonchev–Trinajstić information content (AvgIpc) is 2.97. The Morgan fingerprint density at radius 2 is 2.00 bits per heavy atom. The van der Waals surface area contributed by atoms with Crippen LogP contribution >= 0.6 is 0 Å². The second-order valence-corrected chi connectivity index (χ2v) is 4.69. The zero-order valence-corrected chi connectivity index (χ0v) is 11.2. The van der Waals surface area contributed by atoms with Crippen molar-refractivity contribution in [2.75, 3.05) is 6.54 Å². The summed E-state index contributed by atoms with van der Waals surface area (Å²) in [5.41, 5.74) is 8.07. The first-order valence-electron chi connectivity index (χ1n) is 6.53. The number of fused-ring (bicyclic) bond motifs is 1. The van der Waals surface area contributed by atoms with Gasteiger partial charge in [0.1, 0.15) is 0 Å². The van der Waals surface area contributed by atoms with Gasteiger partial charge in [0.15, 0.2) is 0 Å². The first kappa shape index (κ1) is 12.7. The first-order valence-corrected chi connectivity index (χ1v) is 6.53. The van der Waals surface area contributed by atoms with Gasteiger partial charge in [-0.1, -0.05) is 12.1 Å². The van der Waals surface area contributed by atoms with Crippen LogP contribution in [0.1, 0.15) is 25.2 Å². The van der Waals surface area contributed by atoms with Crippen LogP contribution in [0.5, 0.6) is 0 Å². The van der Waals surface area contributed by atoms with E-state index in [0.717, 1.165) is 23.0 Å². The summed E-state index contributed by atoms with van der Waals surface area (Å²) in [7, 11) is 0. The van der Waals surface area contributed by atoms with Crippen LogP contribution in [-0.2, 0) is 0 Å². The minimum Gasteiger partial charge on any atom is -0.339 e. The van der Waals surface area contributed by atoms with Crippen molar-refractivity contribution in [3.05, 3.63) is 36.5 Å². The second kappa shape index (κ2) is 5.34. The Kier molecular flexibility index (Phi) is 3.39. The third-order valence-electron chi connectivity index (χ3n) is 3.19. The van der Waals surface area contributed by atoms with Gasteiger partial charge in [0.2, 0.25) is 11.7 Å². The van der Waals surface area contributed by atoms with Crippen LogP contribution in [0.4, 0.5) is 0 Å². The Bertz CT molecular complexity index is 724. The van der Waals surface area contributed by atoms with Crippen molar-refractivity contribution in [2.45, 2.75) is 19.3 Å². The molecular formula is C14H15N5O. The lowest BCUT2D eigenvalue weighted by atomic mass is 10.1. The molecule has 0 saturated heterocycles. The van der Waals surface area contributed by atoms with E-state index in [4.69, 9.17) is 10.3 Å². The molecule has 3 rings (SSSR count). The molecule has 0 aliphatic carbocycles. The molecule has 6 nitrogen and oxygen atoms in total. The summed E-state index contributed by atoms with van der Waals surface area (Å²) in [5, 5.41) is 4.02. The molecule has 0 radical (unpaired) electrons. The molecule has 0 saturated carbocycles. The van der Waals surface area contributed by atoms with Gasteiger partial charge in [0, 0.05) is 23.9 Å². The Balaban J connectivity index is 1.94. The predicted octanol–water partition coefficient (Wildman–Crippen LogP) is 2.13. The molecule has 20 heavy (non-hydrogen) atoms. The number of nitrogens with zero attached hydrogens (tertiary/aromatic N) is 4. The Hall–Kier alpha value is -2.34. The molecule has 2 heterocycles. The monoisotopic (exact) mass is 269 g/mol. The van der Waals surface area contributed by atoms with Crippen LogP contribution in [0.15, 0.2) is 35.1 Å². The number of hydrogen-bond acceptors (Lipinski definition) is 6. The highest BCUT2D eigenvalue weighted by Gasteiger charge is 2.14. The average molecular weight is 269 g/mol. The Labute approximate surface area is 116 Å². The van der Waals surface area contributed by atoms with Crippen LogP contribution in [0, 0.1) is 0 Å². The maximum atomic E-state index is 5.54. The van der Waals surface area contributed by atoms with Gasteiger partial charge in [-0.2, -0.15) is 4.98 Å². The van der Waals surface area contributed by atoms with Crippen LogP contribution in [0.3, 0.4) is 0 Å². The lowest BCUT2D eigenvalue weighted by molar-refractivity contribution is 0.355. The zero-order chi connectivity index (χ0) is 13.9. The summed E-state index contributed by atoms with van der Waals surface area (Å²) in [4.78, 5) is 12.9. The zero-order valence-electron chi connectivity index (χ0n) is 11.2. The number of aromatic nitrogens is 4. The molecule has 0 bridgehead atoms. The van der Waals surface area contributed by atoms with Gasteiger partial charge < -0.3 is 10.3 Å². The van der Waals surface area contributed by atoms with Crippen molar-refractivity contribution in [3.8, 4) is 11.4 Å². The topological polar surface area (TPSA) is 90.7 Å². The molecule has 1 aromatic carbocycles. The highest BCUT2D eigenvalue weighted by molar-refractivity contribution is 5.79. The maximum Gasteiger partial charge on any atom is 0.229 e. The molecule has 0 aliphatic rings. The van der Waals surface area contributed by atoms with E-state index in [0.29, 0.717) is 18.3 Å². The quantitative estimate of drug-likeness (QED) is 0.780. The molecule has 1 atom stereocenters. The molecule has 0 amide bonds. The van der Waals surface area contributed by atoms with Crippen LogP contribution < -0.4 is 5.73 Å². The van der Waals surface area contributed by atoms with Crippen LogP contribution in [0.25, 0.3) is 22.4 Å². The van der Waals surface area contributed by atoms with Crippen LogP contribution in [0.2, 0.25) is 0 Å². The van der Waals surface area contributed by atoms with E-state index in [9.17, 15) is 0 Å². The first-order chi connectivity index (χ1) is 9.78. The van der Waals surface area contributed by atoms with Gasteiger partial charge in [0.25, 0.3) is 0 Å². The van der Waals surface area contributed by atoms with Crippen molar-refractivity contribution in [1.29, 1.82) is 0 Å². The SMILES string of the molecule is CC(CCN)c1nc(-c2ccc3nccnc3c2)no1. The lowest BCUT2D eigenvalue weighted by Gasteiger charge is -2.01. The fourth-order valence-electron chi connectivity index (χ4n) is 2.03. The van der Waals surface area contributed by atoms with Gasteiger partial charge in [-0.3, -0.25) is 9.97 Å². The van der Waals surface area contributed by atoms with Crippen molar-refractivity contribution in [3.63, 3.8) is 0 Å². The Morgan fingerprint density at radius 3 is 2.80 bits per heavy atom. The van der Waals surface area contributed by atoms with Crippen molar-refractivity contribution >= 4 is 11.0 Å². The summed E-state index contributed by atoms with van der Waals surface area (Å²) in [6.07, 6.45) is 4.16. The van der Waals surface area contributed by atoms with Gasteiger partial charge in [0.05, 0.1) is 11.0 Å². The minimum atomic E-state index is 0.168. The molecule has 0 spiro atoms. The van der Waals surface area contributed by atoms with E-state index in [-0.39, 0.29) is 5.92 Å². The van der Waals surface area contributed by atoms with Crippen LogP contribution in [-0.4, -0.2) is 26.7 Å². The highest BCUT2D eigenvalue weighted by Crippen LogP contribution is 2.23. The van der Waals surface area contributed by atoms with E-state index < -0.39 is 0 Å². The van der Waals surface area contributed by atoms with Gasteiger partial charge in [-0.15, -0.1) is 0 Å². The van der Waals surface area contributed by atoms with E-state index in [1.54, 1.807) is 12.4 Å². The molecular weight excluding hydrogens is 254 g/mol. The largest absolute Gasteiger partial charge is 0.339 e. The van der Waals surface area contributed by atoms with E-state index in [1.165, 1.54) is 0 Å². The van der Waals surface area contributed by atoms with Crippen molar-refractivity contribution in [2.24, 2.45) is 5.73 Å².